The Morgan fingerprint density at radius 3 is 2.65 bits per heavy atom. The van der Waals surface area contributed by atoms with Crippen LogP contribution in [0.1, 0.15) is 23.6 Å². The first kappa shape index (κ1) is 17.8. The van der Waals surface area contributed by atoms with Gasteiger partial charge in [-0.15, -0.1) is 0 Å². The van der Waals surface area contributed by atoms with Crippen LogP contribution >= 0.6 is 27.5 Å². The van der Waals surface area contributed by atoms with E-state index in [0.29, 0.717) is 10.8 Å². The van der Waals surface area contributed by atoms with Gasteiger partial charge in [-0.1, -0.05) is 52.7 Å². The third-order valence-corrected chi connectivity index (χ3v) is 4.28. The molecule has 0 bridgehead atoms. The minimum atomic E-state index is -0.201. The largest absolute Gasteiger partial charge is 0.482 e. The van der Waals surface area contributed by atoms with Crippen molar-refractivity contribution >= 4 is 39.1 Å². The maximum absolute atomic E-state index is 12.2. The number of nitrogens with one attached hydrogen (secondary N) is 1. The lowest BCUT2D eigenvalue weighted by atomic mass is 10.1. The third kappa shape index (κ3) is 4.49. The highest BCUT2D eigenvalue weighted by molar-refractivity contribution is 9.10. The number of carbonyl (C=O) groups excluding carboxylic acids is 1. The molecule has 2 aromatic carbocycles. The molecule has 5 heteroatoms. The van der Waals surface area contributed by atoms with Gasteiger partial charge in [-0.3, -0.25) is 4.79 Å². The fourth-order valence-corrected chi connectivity index (χ4v) is 3.41. The van der Waals surface area contributed by atoms with Crippen LogP contribution in [0.15, 0.2) is 34.8 Å². The Bertz CT molecular complexity index is 708. The molecule has 0 aliphatic carbocycles. The van der Waals surface area contributed by atoms with Crippen LogP contribution in [0.25, 0.3) is 0 Å². The maximum atomic E-state index is 12.2. The number of carbonyl (C=O) groups is 1. The predicted octanol–water partition coefficient (Wildman–Crippen LogP) is 5.30. The summed E-state index contributed by atoms with van der Waals surface area (Å²) in [6.45, 7) is 5.84. The Labute approximate surface area is 150 Å². The molecule has 2 aromatic rings. The quantitative estimate of drug-likeness (QED) is 0.745. The average molecular weight is 397 g/mol. The summed E-state index contributed by atoms with van der Waals surface area (Å²) in [5, 5.41) is 3.42. The summed E-state index contributed by atoms with van der Waals surface area (Å²) in [5.41, 5.74) is 3.89. The summed E-state index contributed by atoms with van der Waals surface area (Å²) < 4.78 is 6.48. The van der Waals surface area contributed by atoms with Crippen molar-refractivity contribution in [3.63, 3.8) is 0 Å². The van der Waals surface area contributed by atoms with E-state index >= 15 is 0 Å². The number of hydrogen-bond acceptors (Lipinski definition) is 2. The molecular formula is C18H19BrClNO2. The zero-order chi connectivity index (χ0) is 17.0. The summed E-state index contributed by atoms with van der Waals surface area (Å²) >= 11 is 9.54. The molecule has 0 heterocycles. The van der Waals surface area contributed by atoms with Gasteiger partial charge in [-0.2, -0.15) is 0 Å². The molecule has 1 amide bonds. The molecule has 0 saturated heterocycles. The number of benzene rings is 2. The van der Waals surface area contributed by atoms with Gasteiger partial charge >= 0.3 is 0 Å². The lowest BCUT2D eigenvalue weighted by molar-refractivity contribution is -0.118. The molecule has 3 nitrogen and oxygen atoms in total. The highest BCUT2D eigenvalue weighted by atomic mass is 79.9. The molecule has 23 heavy (non-hydrogen) atoms. The smallest absolute Gasteiger partial charge is 0.262 e. The Morgan fingerprint density at radius 2 is 2.00 bits per heavy atom. The lowest BCUT2D eigenvalue weighted by Crippen LogP contribution is -2.21. The van der Waals surface area contributed by atoms with Gasteiger partial charge in [0.05, 0.1) is 5.02 Å². The van der Waals surface area contributed by atoms with Gasteiger partial charge in [0.25, 0.3) is 5.91 Å². The second kappa shape index (κ2) is 7.84. The fraction of sp³-hybridized carbons (Fsp3) is 0.278. The average Bonchev–Trinajstić information content (AvgIpc) is 2.48. The molecule has 0 aliphatic heterocycles. The SMILES string of the molecule is CCc1cccc(C)c1NC(=O)COc1c(C)cc(Br)cc1Cl. The summed E-state index contributed by atoms with van der Waals surface area (Å²) in [4.78, 5) is 12.2. The zero-order valence-corrected chi connectivity index (χ0v) is 15.7. The van der Waals surface area contributed by atoms with Crippen molar-refractivity contribution in [2.45, 2.75) is 27.2 Å². The normalized spacial score (nSPS) is 10.5. The minimum absolute atomic E-state index is 0.0836. The van der Waals surface area contributed by atoms with Crippen molar-refractivity contribution in [3.05, 3.63) is 56.5 Å². The Morgan fingerprint density at radius 1 is 1.26 bits per heavy atom. The monoisotopic (exact) mass is 395 g/mol. The number of anilines is 1. The summed E-state index contributed by atoms with van der Waals surface area (Å²) in [6, 6.07) is 9.63. The molecule has 0 fully saturated rings. The first-order chi connectivity index (χ1) is 10.9. The van der Waals surface area contributed by atoms with Gasteiger partial charge in [0.2, 0.25) is 0 Å². The van der Waals surface area contributed by atoms with Gasteiger partial charge in [-0.25, -0.2) is 0 Å². The van der Waals surface area contributed by atoms with E-state index in [4.69, 9.17) is 16.3 Å². The van der Waals surface area contributed by atoms with E-state index in [9.17, 15) is 4.79 Å². The highest BCUT2D eigenvalue weighted by Crippen LogP contribution is 2.32. The number of amides is 1. The van der Waals surface area contributed by atoms with Gasteiger partial charge in [-0.05, 0) is 49.1 Å². The second-order valence-corrected chi connectivity index (χ2v) is 6.66. The highest BCUT2D eigenvalue weighted by Gasteiger charge is 2.12. The van der Waals surface area contributed by atoms with Gasteiger partial charge in [0.1, 0.15) is 5.75 Å². The molecule has 0 radical (unpaired) electrons. The van der Waals surface area contributed by atoms with Crippen LogP contribution in [0, 0.1) is 13.8 Å². The minimum Gasteiger partial charge on any atom is -0.482 e. The number of halogens is 2. The lowest BCUT2D eigenvalue weighted by Gasteiger charge is -2.14. The van der Waals surface area contributed by atoms with Crippen LogP contribution in [-0.2, 0) is 11.2 Å². The van der Waals surface area contributed by atoms with Crippen LogP contribution in [0.3, 0.4) is 0 Å². The number of para-hydroxylation sites is 1. The van der Waals surface area contributed by atoms with Gasteiger partial charge in [0, 0.05) is 10.2 Å². The topological polar surface area (TPSA) is 38.3 Å². The molecule has 0 spiro atoms. The van der Waals surface area contributed by atoms with Crippen LogP contribution in [0.4, 0.5) is 5.69 Å². The molecule has 122 valence electrons. The van der Waals surface area contributed by atoms with Crippen LogP contribution in [-0.4, -0.2) is 12.5 Å². The number of ether oxygens (including phenoxy) is 1. The van der Waals surface area contributed by atoms with Gasteiger partial charge < -0.3 is 10.1 Å². The van der Waals surface area contributed by atoms with Gasteiger partial charge in [0.15, 0.2) is 6.61 Å². The second-order valence-electron chi connectivity index (χ2n) is 5.33. The Balaban J connectivity index is 2.07. The molecule has 0 aromatic heterocycles. The van der Waals surface area contributed by atoms with Crippen LogP contribution < -0.4 is 10.1 Å². The van der Waals surface area contributed by atoms with Crippen molar-refractivity contribution in [1.29, 1.82) is 0 Å². The van der Waals surface area contributed by atoms with E-state index in [1.165, 1.54) is 0 Å². The standard InChI is InChI=1S/C18H19BrClNO2/c1-4-13-7-5-6-11(2)17(13)21-16(22)10-23-18-12(3)8-14(19)9-15(18)20/h5-9H,4,10H2,1-3H3,(H,21,22). The molecule has 2 rings (SSSR count). The van der Waals surface area contributed by atoms with E-state index < -0.39 is 0 Å². The predicted molar refractivity (Wildman–Crippen MR) is 98.6 cm³/mol. The maximum Gasteiger partial charge on any atom is 0.262 e. The molecule has 0 atom stereocenters. The zero-order valence-electron chi connectivity index (χ0n) is 13.4. The number of aryl methyl sites for hydroxylation is 3. The number of rotatable bonds is 5. The fourth-order valence-electron chi connectivity index (χ4n) is 2.39. The number of hydrogen-bond donors (Lipinski definition) is 1. The van der Waals surface area contributed by atoms with Crippen LogP contribution in [0.2, 0.25) is 5.02 Å². The van der Waals surface area contributed by atoms with Crippen molar-refractivity contribution in [2.75, 3.05) is 11.9 Å². The molecular weight excluding hydrogens is 378 g/mol. The molecule has 0 saturated carbocycles. The van der Waals surface area contributed by atoms with E-state index in [2.05, 4.69) is 28.2 Å². The summed E-state index contributed by atoms with van der Waals surface area (Å²) in [6.07, 6.45) is 0.857. The first-order valence-electron chi connectivity index (χ1n) is 7.39. The van der Waals surface area contributed by atoms with Crippen molar-refractivity contribution in [1.82, 2.24) is 0 Å². The van der Waals surface area contributed by atoms with Crippen molar-refractivity contribution in [2.24, 2.45) is 0 Å². The third-order valence-electron chi connectivity index (χ3n) is 3.55. The van der Waals surface area contributed by atoms with Crippen molar-refractivity contribution < 1.29 is 9.53 Å². The Hall–Kier alpha value is -1.52. The molecule has 1 N–H and O–H groups in total. The first-order valence-corrected chi connectivity index (χ1v) is 8.56. The molecule has 0 unspecified atom stereocenters. The molecule has 0 aliphatic rings. The summed E-state index contributed by atoms with van der Waals surface area (Å²) in [7, 11) is 0. The van der Waals surface area contributed by atoms with Crippen molar-refractivity contribution in [3.8, 4) is 5.75 Å². The van der Waals surface area contributed by atoms with E-state index in [1.54, 1.807) is 6.07 Å². The Kier molecular flexibility index (Phi) is 6.08. The van der Waals surface area contributed by atoms with Crippen LogP contribution in [0.5, 0.6) is 5.75 Å². The van der Waals surface area contributed by atoms with E-state index in [0.717, 1.165) is 33.3 Å². The van der Waals surface area contributed by atoms with E-state index in [-0.39, 0.29) is 12.5 Å². The summed E-state index contributed by atoms with van der Waals surface area (Å²) in [5.74, 6) is 0.331. The van der Waals surface area contributed by atoms with E-state index in [1.807, 2.05) is 38.1 Å².